The molecule has 0 heterocycles. The molecule has 7 heteroatoms. The number of carbonyl (C=O) groups excluding carboxylic acids is 1. The fourth-order valence-electron chi connectivity index (χ4n) is 1.73. The lowest BCUT2D eigenvalue weighted by molar-refractivity contribution is -0.143. The Morgan fingerprint density at radius 2 is 1.95 bits per heavy atom. The number of aliphatic hydroxyl groups is 1. The van der Waals surface area contributed by atoms with E-state index < -0.39 is 35.5 Å². The van der Waals surface area contributed by atoms with Crippen molar-refractivity contribution in [3.05, 3.63) is 35.1 Å². The summed E-state index contributed by atoms with van der Waals surface area (Å²) in [6.45, 7) is 1.46. The molecule has 0 spiro atoms. The Labute approximate surface area is 113 Å². The third-order valence-corrected chi connectivity index (χ3v) is 2.84. The first kappa shape index (κ1) is 16.4. The molecule has 0 radical (unpaired) electrons. The van der Waals surface area contributed by atoms with Gasteiger partial charge < -0.3 is 9.84 Å². The number of carbonyl (C=O) groups is 1. The quantitative estimate of drug-likeness (QED) is 0.685. The molecule has 0 fully saturated rings. The molecular formula is C13H14F4O3. The lowest BCUT2D eigenvalue weighted by Crippen LogP contribution is -2.16. The number of rotatable bonds is 4. The second-order valence-corrected chi connectivity index (χ2v) is 4.47. The van der Waals surface area contributed by atoms with Gasteiger partial charge in [-0.3, -0.25) is 4.79 Å². The number of ether oxygens (including phenoxy) is 1. The van der Waals surface area contributed by atoms with E-state index in [1.807, 2.05) is 0 Å². The molecule has 0 saturated heterocycles. The predicted molar refractivity (Wildman–Crippen MR) is 62.2 cm³/mol. The first-order valence-corrected chi connectivity index (χ1v) is 5.77. The van der Waals surface area contributed by atoms with Crippen LogP contribution in [-0.4, -0.2) is 18.2 Å². The van der Waals surface area contributed by atoms with Crippen LogP contribution in [0.4, 0.5) is 17.6 Å². The van der Waals surface area contributed by atoms with Gasteiger partial charge >= 0.3 is 12.1 Å². The first-order chi connectivity index (χ1) is 9.15. The number of esters is 1. The summed E-state index contributed by atoms with van der Waals surface area (Å²) in [6, 6.07) is 1.83. The van der Waals surface area contributed by atoms with Crippen LogP contribution in [0, 0.1) is 11.7 Å². The lowest BCUT2D eigenvalue weighted by Gasteiger charge is -2.19. The maximum Gasteiger partial charge on any atom is 0.416 e. The van der Waals surface area contributed by atoms with Crippen molar-refractivity contribution in [2.24, 2.45) is 5.92 Å². The van der Waals surface area contributed by atoms with Gasteiger partial charge in [0.05, 0.1) is 25.2 Å². The van der Waals surface area contributed by atoms with E-state index in [4.69, 9.17) is 0 Å². The van der Waals surface area contributed by atoms with Gasteiger partial charge in [0.2, 0.25) is 0 Å². The summed E-state index contributed by atoms with van der Waals surface area (Å²) in [5.74, 6) is -2.41. The normalized spacial score (nSPS) is 14.8. The van der Waals surface area contributed by atoms with Gasteiger partial charge in [-0.2, -0.15) is 13.2 Å². The third kappa shape index (κ3) is 4.19. The van der Waals surface area contributed by atoms with Crippen LogP contribution >= 0.6 is 0 Å². The highest BCUT2D eigenvalue weighted by molar-refractivity contribution is 5.69. The Bertz CT molecular complexity index is 485. The van der Waals surface area contributed by atoms with Crippen LogP contribution in [0.5, 0.6) is 0 Å². The topological polar surface area (TPSA) is 46.5 Å². The Morgan fingerprint density at radius 1 is 1.35 bits per heavy atom. The number of hydrogen-bond donors (Lipinski definition) is 1. The van der Waals surface area contributed by atoms with Gasteiger partial charge in [-0.05, 0) is 29.7 Å². The standard InChI is InChI=1S/C13H14F4O3/c1-7(3-11(18)20-2)12(19)8-4-9(13(15,16)17)6-10(14)5-8/h4-7,12,19H,3H2,1-2H3. The summed E-state index contributed by atoms with van der Waals surface area (Å²) < 4.78 is 55.3. The number of aliphatic hydroxyl groups excluding tert-OH is 1. The van der Waals surface area contributed by atoms with E-state index in [-0.39, 0.29) is 12.0 Å². The molecule has 1 aromatic rings. The van der Waals surface area contributed by atoms with Crippen LogP contribution in [0.15, 0.2) is 18.2 Å². The Morgan fingerprint density at radius 3 is 2.45 bits per heavy atom. The van der Waals surface area contributed by atoms with Crippen molar-refractivity contribution in [1.82, 2.24) is 0 Å². The fraction of sp³-hybridized carbons (Fsp3) is 0.462. The van der Waals surface area contributed by atoms with E-state index in [1.54, 1.807) is 0 Å². The molecule has 0 saturated carbocycles. The van der Waals surface area contributed by atoms with E-state index in [9.17, 15) is 27.5 Å². The Balaban J connectivity index is 3.01. The van der Waals surface area contributed by atoms with Crippen molar-refractivity contribution in [3.63, 3.8) is 0 Å². The fourth-order valence-corrected chi connectivity index (χ4v) is 1.73. The van der Waals surface area contributed by atoms with Gasteiger partial charge in [0.15, 0.2) is 0 Å². The zero-order valence-electron chi connectivity index (χ0n) is 10.9. The molecule has 1 aromatic carbocycles. The molecule has 2 unspecified atom stereocenters. The number of hydrogen-bond acceptors (Lipinski definition) is 3. The second-order valence-electron chi connectivity index (χ2n) is 4.47. The van der Waals surface area contributed by atoms with Crippen molar-refractivity contribution in [2.75, 3.05) is 7.11 Å². The summed E-state index contributed by atoms with van der Waals surface area (Å²) >= 11 is 0. The molecule has 2 atom stereocenters. The van der Waals surface area contributed by atoms with Crippen LogP contribution in [0.3, 0.4) is 0 Å². The molecule has 1 rings (SSSR count). The predicted octanol–water partition coefficient (Wildman–Crippen LogP) is 3.08. The third-order valence-electron chi connectivity index (χ3n) is 2.84. The van der Waals surface area contributed by atoms with Crippen molar-refractivity contribution >= 4 is 5.97 Å². The summed E-state index contributed by atoms with van der Waals surface area (Å²) in [6.07, 6.45) is -6.29. The van der Waals surface area contributed by atoms with Crippen LogP contribution < -0.4 is 0 Å². The molecule has 3 nitrogen and oxygen atoms in total. The average molecular weight is 294 g/mol. The highest BCUT2D eigenvalue weighted by atomic mass is 19.4. The van der Waals surface area contributed by atoms with Gasteiger partial charge in [0.25, 0.3) is 0 Å². The molecule has 112 valence electrons. The van der Waals surface area contributed by atoms with Gasteiger partial charge in [0, 0.05) is 0 Å². The maximum atomic E-state index is 13.2. The maximum absolute atomic E-state index is 13.2. The number of alkyl halides is 3. The lowest BCUT2D eigenvalue weighted by atomic mass is 9.93. The summed E-state index contributed by atoms with van der Waals surface area (Å²) in [5, 5.41) is 9.91. The molecule has 0 aromatic heterocycles. The molecule has 0 aliphatic heterocycles. The molecule has 0 aliphatic rings. The van der Waals surface area contributed by atoms with Crippen LogP contribution in [-0.2, 0) is 15.7 Å². The Kier molecular flexibility index (Phi) is 5.10. The van der Waals surface area contributed by atoms with Crippen LogP contribution in [0.25, 0.3) is 0 Å². The molecule has 0 amide bonds. The Hall–Kier alpha value is -1.63. The van der Waals surface area contributed by atoms with Crippen LogP contribution in [0.2, 0.25) is 0 Å². The van der Waals surface area contributed by atoms with Gasteiger partial charge in [-0.25, -0.2) is 4.39 Å². The minimum absolute atomic E-state index is 0.185. The molecule has 1 N–H and O–H groups in total. The van der Waals surface area contributed by atoms with E-state index >= 15 is 0 Å². The van der Waals surface area contributed by atoms with Crippen molar-refractivity contribution in [1.29, 1.82) is 0 Å². The summed E-state index contributed by atoms with van der Waals surface area (Å²) in [5.41, 5.74) is -1.41. The zero-order valence-corrected chi connectivity index (χ0v) is 10.9. The van der Waals surface area contributed by atoms with Gasteiger partial charge in [-0.1, -0.05) is 6.92 Å². The number of benzene rings is 1. The first-order valence-electron chi connectivity index (χ1n) is 5.77. The van der Waals surface area contributed by atoms with Crippen LogP contribution in [0.1, 0.15) is 30.6 Å². The average Bonchev–Trinajstić information content (AvgIpc) is 2.35. The summed E-state index contributed by atoms with van der Waals surface area (Å²) in [7, 11) is 1.16. The smallest absolute Gasteiger partial charge is 0.416 e. The molecule has 0 aliphatic carbocycles. The van der Waals surface area contributed by atoms with E-state index in [2.05, 4.69) is 4.74 Å². The monoisotopic (exact) mass is 294 g/mol. The van der Waals surface area contributed by atoms with Gasteiger partial charge in [0.1, 0.15) is 5.82 Å². The summed E-state index contributed by atoms with van der Waals surface area (Å²) in [4.78, 5) is 11.1. The van der Waals surface area contributed by atoms with Crippen molar-refractivity contribution < 1.29 is 32.2 Å². The molecule has 20 heavy (non-hydrogen) atoms. The molecule has 0 bridgehead atoms. The highest BCUT2D eigenvalue weighted by Gasteiger charge is 2.32. The number of methoxy groups -OCH3 is 1. The van der Waals surface area contributed by atoms with Gasteiger partial charge in [-0.15, -0.1) is 0 Å². The van der Waals surface area contributed by atoms with E-state index in [0.717, 1.165) is 13.2 Å². The zero-order chi connectivity index (χ0) is 15.5. The van der Waals surface area contributed by atoms with Crippen molar-refractivity contribution in [3.8, 4) is 0 Å². The molecular weight excluding hydrogens is 280 g/mol. The highest BCUT2D eigenvalue weighted by Crippen LogP contribution is 2.33. The minimum Gasteiger partial charge on any atom is -0.469 e. The second kappa shape index (κ2) is 6.21. The largest absolute Gasteiger partial charge is 0.469 e. The minimum atomic E-state index is -4.71. The van der Waals surface area contributed by atoms with E-state index in [1.165, 1.54) is 6.92 Å². The van der Waals surface area contributed by atoms with Crippen molar-refractivity contribution in [2.45, 2.75) is 25.6 Å². The SMILES string of the molecule is COC(=O)CC(C)C(O)c1cc(F)cc(C(F)(F)F)c1. The number of halogens is 4. The van der Waals surface area contributed by atoms with E-state index in [0.29, 0.717) is 12.1 Å².